The number of rotatable bonds is 3. The van der Waals surface area contributed by atoms with Crippen LogP contribution < -0.4 is 10.5 Å². The van der Waals surface area contributed by atoms with Crippen LogP contribution in [0.1, 0.15) is 37.7 Å². The first-order valence-corrected chi connectivity index (χ1v) is 9.93. The van der Waals surface area contributed by atoms with Crippen molar-refractivity contribution in [1.82, 2.24) is 4.90 Å². The van der Waals surface area contributed by atoms with Crippen molar-refractivity contribution < 1.29 is 14.6 Å². The average Bonchev–Trinajstić information content (AvgIpc) is 2.98. The third kappa shape index (κ3) is 3.93. The Labute approximate surface area is 171 Å². The Morgan fingerprint density at radius 3 is 2.59 bits per heavy atom. The van der Waals surface area contributed by atoms with Gasteiger partial charge in [0.1, 0.15) is 11.9 Å². The van der Waals surface area contributed by atoms with Crippen molar-refractivity contribution in [2.75, 3.05) is 13.1 Å². The average molecular weight is 415 g/mol. The van der Waals surface area contributed by atoms with E-state index in [2.05, 4.69) is 0 Å². The van der Waals surface area contributed by atoms with E-state index >= 15 is 0 Å². The van der Waals surface area contributed by atoms with E-state index in [1.165, 1.54) is 0 Å². The van der Waals surface area contributed by atoms with Gasteiger partial charge in [-0.3, -0.25) is 4.79 Å². The molecule has 3 aliphatic rings. The van der Waals surface area contributed by atoms with Gasteiger partial charge in [-0.1, -0.05) is 17.7 Å². The minimum atomic E-state index is -0.642. The Morgan fingerprint density at radius 2 is 1.96 bits per heavy atom. The third-order valence-corrected chi connectivity index (χ3v) is 6.72. The standard InChI is InChI=1S/C20H27ClN2O3.ClH/c1-12-3-4-15(21)17(7-12)26-18-9-14-11-23(10-13(14)8-16(18)24)19(25)20(22)5-2-6-20;/h3-4,7,13-14,16,18,24H,2,5-6,8-11,22H2,1H3;1H/t13-,14+,16+,18+;/m0./s1. The number of carbonyl (C=O) groups excluding carboxylic acids is 1. The lowest BCUT2D eigenvalue weighted by molar-refractivity contribution is -0.139. The summed E-state index contributed by atoms with van der Waals surface area (Å²) < 4.78 is 6.07. The molecule has 1 aromatic carbocycles. The number of fused-ring (bicyclic) bond motifs is 1. The molecule has 0 bridgehead atoms. The Bertz CT molecular complexity index is 710. The van der Waals surface area contributed by atoms with Crippen LogP contribution in [0.5, 0.6) is 5.75 Å². The van der Waals surface area contributed by atoms with Crippen LogP contribution in [0.2, 0.25) is 5.02 Å². The summed E-state index contributed by atoms with van der Waals surface area (Å²) in [4.78, 5) is 14.6. The number of hydrogen-bond acceptors (Lipinski definition) is 4. The molecule has 4 rings (SSSR count). The largest absolute Gasteiger partial charge is 0.486 e. The molecule has 0 radical (unpaired) electrons. The van der Waals surface area contributed by atoms with Gasteiger partial charge in [0.05, 0.1) is 16.7 Å². The molecule has 1 aliphatic heterocycles. The van der Waals surface area contributed by atoms with Gasteiger partial charge in [0, 0.05) is 13.1 Å². The van der Waals surface area contributed by atoms with Gasteiger partial charge < -0.3 is 20.5 Å². The number of aliphatic hydroxyl groups excluding tert-OH is 1. The van der Waals surface area contributed by atoms with Crippen LogP contribution in [0.15, 0.2) is 18.2 Å². The van der Waals surface area contributed by atoms with Crippen LogP contribution in [0, 0.1) is 18.8 Å². The predicted octanol–water partition coefficient (Wildman–Crippen LogP) is 2.93. The fraction of sp³-hybridized carbons (Fsp3) is 0.650. The third-order valence-electron chi connectivity index (χ3n) is 6.41. The van der Waals surface area contributed by atoms with E-state index in [1.54, 1.807) is 0 Å². The lowest BCUT2D eigenvalue weighted by Crippen LogP contribution is -2.59. The Morgan fingerprint density at radius 1 is 1.30 bits per heavy atom. The second-order valence-electron chi connectivity index (χ2n) is 8.37. The molecular formula is C20H28Cl2N2O3. The van der Waals surface area contributed by atoms with Gasteiger partial charge in [-0.05, 0) is 68.6 Å². The van der Waals surface area contributed by atoms with Gasteiger partial charge in [-0.15, -0.1) is 12.4 Å². The number of nitrogens with zero attached hydrogens (tertiary/aromatic N) is 1. The summed E-state index contributed by atoms with van der Waals surface area (Å²) in [5, 5.41) is 11.1. The van der Waals surface area contributed by atoms with Crippen molar-refractivity contribution in [3.8, 4) is 5.75 Å². The Kier molecular flexibility index (Phi) is 5.97. The monoisotopic (exact) mass is 414 g/mol. The van der Waals surface area contributed by atoms with Crippen molar-refractivity contribution in [3.05, 3.63) is 28.8 Å². The molecule has 0 spiro atoms. The lowest BCUT2D eigenvalue weighted by atomic mass is 9.76. The van der Waals surface area contributed by atoms with E-state index < -0.39 is 11.6 Å². The summed E-state index contributed by atoms with van der Waals surface area (Å²) in [6.07, 6.45) is 3.17. The highest BCUT2D eigenvalue weighted by Gasteiger charge is 2.49. The van der Waals surface area contributed by atoms with E-state index in [9.17, 15) is 9.90 Å². The van der Waals surface area contributed by atoms with E-state index in [1.807, 2.05) is 30.0 Å². The van der Waals surface area contributed by atoms with Gasteiger partial charge in [0.25, 0.3) is 0 Å². The van der Waals surface area contributed by atoms with E-state index in [-0.39, 0.29) is 24.4 Å². The number of halogens is 2. The summed E-state index contributed by atoms with van der Waals surface area (Å²) in [6.45, 7) is 3.41. The number of carbonyl (C=O) groups is 1. The molecule has 1 amide bonds. The number of likely N-dealkylation sites (tertiary alicyclic amines) is 1. The zero-order valence-electron chi connectivity index (χ0n) is 15.6. The zero-order chi connectivity index (χ0) is 18.5. The van der Waals surface area contributed by atoms with Crippen LogP contribution in [0.3, 0.4) is 0 Å². The van der Waals surface area contributed by atoms with Gasteiger partial charge in [0.2, 0.25) is 5.91 Å². The number of benzene rings is 1. The maximum atomic E-state index is 12.7. The smallest absolute Gasteiger partial charge is 0.242 e. The van der Waals surface area contributed by atoms with Crippen LogP contribution >= 0.6 is 24.0 Å². The molecular weight excluding hydrogens is 387 g/mol. The topological polar surface area (TPSA) is 75.8 Å². The Balaban J connectivity index is 0.00000210. The minimum absolute atomic E-state index is 0. The molecule has 2 saturated carbocycles. The lowest BCUT2D eigenvalue weighted by Gasteiger charge is -2.39. The van der Waals surface area contributed by atoms with Crippen LogP contribution in [-0.4, -0.2) is 46.7 Å². The summed E-state index contributed by atoms with van der Waals surface area (Å²) in [5.41, 5.74) is 6.65. The van der Waals surface area contributed by atoms with Crippen molar-refractivity contribution in [2.45, 2.75) is 56.8 Å². The van der Waals surface area contributed by atoms with Crippen molar-refractivity contribution >= 4 is 29.9 Å². The molecule has 5 nitrogen and oxygen atoms in total. The van der Waals surface area contributed by atoms with E-state index in [4.69, 9.17) is 22.1 Å². The summed E-state index contributed by atoms with van der Waals surface area (Å²) in [6, 6.07) is 5.66. The molecule has 2 aliphatic carbocycles. The highest BCUT2D eigenvalue weighted by atomic mass is 35.5. The van der Waals surface area contributed by atoms with E-state index in [0.717, 1.165) is 37.8 Å². The minimum Gasteiger partial charge on any atom is -0.486 e. The number of amides is 1. The second-order valence-corrected chi connectivity index (χ2v) is 8.78. The van der Waals surface area contributed by atoms with Gasteiger partial charge >= 0.3 is 0 Å². The first-order chi connectivity index (χ1) is 12.4. The zero-order valence-corrected chi connectivity index (χ0v) is 17.1. The first kappa shape index (κ1) is 20.7. The molecule has 1 aromatic rings. The van der Waals surface area contributed by atoms with Crippen molar-refractivity contribution in [2.24, 2.45) is 17.6 Å². The SMILES string of the molecule is Cc1ccc(Cl)c(O[C@@H]2C[C@@H]3CN(C(=O)C4(N)CCC4)C[C@@H]3C[C@H]2O)c1.Cl. The molecule has 150 valence electrons. The number of hydrogen-bond donors (Lipinski definition) is 2. The van der Waals surface area contributed by atoms with E-state index in [0.29, 0.717) is 35.6 Å². The Hall–Kier alpha value is -1.01. The van der Waals surface area contributed by atoms with Crippen LogP contribution in [-0.2, 0) is 4.79 Å². The molecule has 3 fully saturated rings. The maximum Gasteiger partial charge on any atom is 0.242 e. The summed E-state index contributed by atoms with van der Waals surface area (Å²) in [7, 11) is 0. The molecule has 1 heterocycles. The molecule has 4 atom stereocenters. The first-order valence-electron chi connectivity index (χ1n) is 9.55. The molecule has 27 heavy (non-hydrogen) atoms. The predicted molar refractivity (Wildman–Crippen MR) is 107 cm³/mol. The second kappa shape index (κ2) is 7.78. The highest BCUT2D eigenvalue weighted by molar-refractivity contribution is 6.32. The van der Waals surface area contributed by atoms with Crippen LogP contribution in [0.4, 0.5) is 0 Å². The molecule has 3 N–H and O–H groups in total. The van der Waals surface area contributed by atoms with Gasteiger partial charge in [-0.25, -0.2) is 0 Å². The number of ether oxygens (including phenoxy) is 1. The van der Waals surface area contributed by atoms with Crippen molar-refractivity contribution in [1.29, 1.82) is 0 Å². The highest BCUT2D eigenvalue weighted by Crippen LogP contribution is 2.41. The number of aliphatic hydroxyl groups is 1. The fourth-order valence-corrected chi connectivity index (χ4v) is 4.80. The number of nitrogens with two attached hydrogens (primary N) is 1. The molecule has 1 saturated heterocycles. The van der Waals surface area contributed by atoms with Gasteiger partial charge in [-0.2, -0.15) is 0 Å². The summed E-state index contributed by atoms with van der Waals surface area (Å²) >= 11 is 6.24. The van der Waals surface area contributed by atoms with Crippen molar-refractivity contribution in [3.63, 3.8) is 0 Å². The quantitative estimate of drug-likeness (QED) is 0.796. The fourth-order valence-electron chi connectivity index (χ4n) is 4.63. The molecule has 7 heteroatoms. The number of aryl methyl sites for hydroxylation is 1. The summed E-state index contributed by atoms with van der Waals surface area (Å²) in [5.74, 6) is 1.38. The van der Waals surface area contributed by atoms with Crippen LogP contribution in [0.25, 0.3) is 0 Å². The molecule has 0 unspecified atom stereocenters. The molecule has 0 aromatic heterocycles. The van der Waals surface area contributed by atoms with Gasteiger partial charge in [0.15, 0.2) is 0 Å². The normalized spacial score (nSPS) is 31.5. The maximum absolute atomic E-state index is 12.7.